The van der Waals surface area contributed by atoms with Gasteiger partial charge in [0, 0.05) is 16.9 Å². The van der Waals surface area contributed by atoms with Crippen molar-refractivity contribution in [3.05, 3.63) is 34.4 Å². The second-order valence-electron chi connectivity index (χ2n) is 6.37. The van der Waals surface area contributed by atoms with E-state index in [1.54, 1.807) is 0 Å². The number of halogens is 1. The number of rotatable bonds is 4. The Morgan fingerprint density at radius 3 is 2.79 bits per heavy atom. The zero-order valence-electron chi connectivity index (χ0n) is 13.6. The second kappa shape index (κ2) is 7.38. The fraction of sp³-hybridized carbons (Fsp3) is 0.444. The normalized spacial score (nSPS) is 20.8. The summed E-state index contributed by atoms with van der Waals surface area (Å²) >= 11 is 3.41. The molecular formula is C18H21BrN2O3. The van der Waals surface area contributed by atoms with Crippen molar-refractivity contribution in [3.8, 4) is 0 Å². The van der Waals surface area contributed by atoms with Crippen LogP contribution < -0.4 is 5.32 Å². The second-order valence-corrected chi connectivity index (χ2v) is 7.16. The van der Waals surface area contributed by atoms with Gasteiger partial charge in [-0.15, -0.1) is 0 Å². The Balaban J connectivity index is 1.58. The number of aromatic nitrogens is 1. The molecule has 0 radical (unpaired) electrons. The molecule has 0 aliphatic heterocycles. The minimum absolute atomic E-state index is 0.185. The average Bonchev–Trinajstić information content (AvgIpc) is 2.92. The van der Waals surface area contributed by atoms with Crippen LogP contribution in [0.2, 0.25) is 0 Å². The summed E-state index contributed by atoms with van der Waals surface area (Å²) in [7, 11) is 0. The highest BCUT2D eigenvalue weighted by Crippen LogP contribution is 2.28. The Bertz CT molecular complexity index is 756. The molecule has 128 valence electrons. The van der Waals surface area contributed by atoms with Crippen molar-refractivity contribution in [2.75, 3.05) is 6.61 Å². The summed E-state index contributed by atoms with van der Waals surface area (Å²) < 4.78 is 5.82. The standard InChI is InChI=1S/C18H21BrN2O3/c1-11-6-2-4-8-13(11)20-15(22)10-24-18(23)17-16(19)12-7-3-5-9-14(12)21-17/h3,5,7,9,11,13,21H,2,4,6,8,10H2,1H3,(H,20,22). The number of H-pyrrole nitrogens is 1. The van der Waals surface area contributed by atoms with E-state index >= 15 is 0 Å². The molecule has 1 aliphatic rings. The minimum atomic E-state index is -0.537. The summed E-state index contributed by atoms with van der Waals surface area (Å²) in [5.74, 6) is -0.305. The molecule has 24 heavy (non-hydrogen) atoms. The molecule has 2 aromatic rings. The average molecular weight is 393 g/mol. The maximum atomic E-state index is 12.2. The third kappa shape index (κ3) is 3.64. The number of carbonyl (C=O) groups excluding carboxylic acids is 2. The summed E-state index contributed by atoms with van der Waals surface area (Å²) in [5, 5.41) is 3.89. The number of hydrogen-bond acceptors (Lipinski definition) is 3. The Kier molecular flexibility index (Phi) is 5.23. The molecule has 2 N–H and O–H groups in total. The minimum Gasteiger partial charge on any atom is -0.451 e. The molecule has 6 heteroatoms. The fourth-order valence-electron chi connectivity index (χ4n) is 3.23. The van der Waals surface area contributed by atoms with Gasteiger partial charge in [-0.3, -0.25) is 4.79 Å². The van der Waals surface area contributed by atoms with E-state index < -0.39 is 5.97 Å². The van der Waals surface area contributed by atoms with Crippen molar-refractivity contribution in [1.82, 2.24) is 10.3 Å². The zero-order valence-corrected chi connectivity index (χ0v) is 15.2. The number of esters is 1. The first-order chi connectivity index (χ1) is 11.6. The highest BCUT2D eigenvalue weighted by atomic mass is 79.9. The van der Waals surface area contributed by atoms with Crippen LogP contribution in [-0.4, -0.2) is 29.5 Å². The number of para-hydroxylation sites is 1. The zero-order chi connectivity index (χ0) is 17.1. The van der Waals surface area contributed by atoms with E-state index in [0.29, 0.717) is 16.1 Å². The van der Waals surface area contributed by atoms with Crippen LogP contribution in [0, 0.1) is 5.92 Å². The van der Waals surface area contributed by atoms with E-state index in [-0.39, 0.29) is 18.6 Å². The summed E-state index contributed by atoms with van der Waals surface area (Å²) in [5.41, 5.74) is 1.17. The lowest BCUT2D eigenvalue weighted by Gasteiger charge is -2.29. The van der Waals surface area contributed by atoms with Gasteiger partial charge in [0.05, 0.1) is 4.47 Å². The topological polar surface area (TPSA) is 71.2 Å². The van der Waals surface area contributed by atoms with Crippen molar-refractivity contribution in [2.45, 2.75) is 38.6 Å². The third-order valence-electron chi connectivity index (χ3n) is 4.64. The van der Waals surface area contributed by atoms with Crippen molar-refractivity contribution in [2.24, 2.45) is 5.92 Å². The summed E-state index contributed by atoms with van der Waals surface area (Å²) in [6.07, 6.45) is 4.48. The Labute approximate surface area is 149 Å². The molecule has 1 aliphatic carbocycles. The van der Waals surface area contributed by atoms with Crippen LogP contribution in [0.15, 0.2) is 28.7 Å². The molecule has 3 rings (SSSR count). The molecule has 1 heterocycles. The maximum absolute atomic E-state index is 12.2. The summed E-state index contributed by atoms with van der Waals surface area (Å²) in [6.45, 7) is 1.89. The molecule has 2 atom stereocenters. The van der Waals surface area contributed by atoms with Crippen LogP contribution in [0.25, 0.3) is 10.9 Å². The van der Waals surface area contributed by atoms with E-state index in [2.05, 4.69) is 33.2 Å². The molecule has 1 fully saturated rings. The molecule has 0 bridgehead atoms. The Hall–Kier alpha value is -1.82. The molecule has 1 aromatic heterocycles. The van der Waals surface area contributed by atoms with Crippen LogP contribution in [0.1, 0.15) is 43.1 Å². The third-order valence-corrected chi connectivity index (χ3v) is 5.46. The number of carbonyl (C=O) groups is 2. The smallest absolute Gasteiger partial charge is 0.356 e. The molecular weight excluding hydrogens is 372 g/mol. The first kappa shape index (κ1) is 17.0. The van der Waals surface area contributed by atoms with Crippen molar-refractivity contribution in [3.63, 3.8) is 0 Å². The van der Waals surface area contributed by atoms with Crippen molar-refractivity contribution < 1.29 is 14.3 Å². The van der Waals surface area contributed by atoms with E-state index in [0.717, 1.165) is 30.2 Å². The number of fused-ring (bicyclic) bond motifs is 1. The van der Waals surface area contributed by atoms with E-state index in [1.165, 1.54) is 6.42 Å². The number of nitrogens with one attached hydrogen (secondary N) is 2. The van der Waals surface area contributed by atoms with Gasteiger partial charge in [0.25, 0.3) is 5.91 Å². The Morgan fingerprint density at radius 1 is 1.29 bits per heavy atom. The molecule has 1 aromatic carbocycles. The van der Waals surface area contributed by atoms with Gasteiger partial charge in [0.2, 0.25) is 0 Å². The van der Waals surface area contributed by atoms with Gasteiger partial charge < -0.3 is 15.0 Å². The maximum Gasteiger partial charge on any atom is 0.356 e. The van der Waals surface area contributed by atoms with Gasteiger partial charge in [0.1, 0.15) is 5.69 Å². The molecule has 1 saturated carbocycles. The predicted molar refractivity (Wildman–Crippen MR) is 95.8 cm³/mol. The van der Waals surface area contributed by atoms with E-state index in [4.69, 9.17) is 4.74 Å². The van der Waals surface area contributed by atoms with E-state index in [9.17, 15) is 9.59 Å². The number of aromatic amines is 1. The molecule has 0 saturated heterocycles. The highest BCUT2D eigenvalue weighted by molar-refractivity contribution is 9.10. The van der Waals surface area contributed by atoms with Gasteiger partial charge in [-0.1, -0.05) is 38.0 Å². The Morgan fingerprint density at radius 2 is 2.04 bits per heavy atom. The number of ether oxygens (including phenoxy) is 1. The van der Waals surface area contributed by atoms with Gasteiger partial charge in [0.15, 0.2) is 6.61 Å². The molecule has 1 amide bonds. The molecule has 0 spiro atoms. The van der Waals surface area contributed by atoms with Crippen molar-refractivity contribution >= 4 is 38.7 Å². The number of amides is 1. The fourth-order valence-corrected chi connectivity index (χ4v) is 3.84. The van der Waals surface area contributed by atoms with Crippen molar-refractivity contribution in [1.29, 1.82) is 0 Å². The van der Waals surface area contributed by atoms with E-state index in [1.807, 2.05) is 24.3 Å². The van der Waals surface area contributed by atoms with Crippen LogP contribution in [0.5, 0.6) is 0 Å². The van der Waals surface area contributed by atoms with Gasteiger partial charge in [-0.25, -0.2) is 4.79 Å². The largest absolute Gasteiger partial charge is 0.451 e. The van der Waals surface area contributed by atoms with Gasteiger partial charge in [-0.05, 0) is 40.8 Å². The lowest BCUT2D eigenvalue weighted by atomic mass is 9.86. The van der Waals surface area contributed by atoms with Gasteiger partial charge in [-0.2, -0.15) is 0 Å². The summed E-state index contributed by atoms with van der Waals surface area (Å²) in [4.78, 5) is 27.3. The first-order valence-corrected chi connectivity index (χ1v) is 9.08. The van der Waals surface area contributed by atoms with Crippen LogP contribution >= 0.6 is 15.9 Å². The van der Waals surface area contributed by atoms with Crippen LogP contribution in [0.3, 0.4) is 0 Å². The predicted octanol–water partition coefficient (Wildman–Crippen LogP) is 3.78. The quantitative estimate of drug-likeness (QED) is 0.777. The van der Waals surface area contributed by atoms with Crippen LogP contribution in [0.4, 0.5) is 0 Å². The summed E-state index contributed by atoms with van der Waals surface area (Å²) in [6, 6.07) is 7.76. The highest BCUT2D eigenvalue weighted by Gasteiger charge is 2.24. The monoisotopic (exact) mass is 392 g/mol. The number of benzene rings is 1. The lowest BCUT2D eigenvalue weighted by Crippen LogP contribution is -2.42. The number of hydrogen-bond donors (Lipinski definition) is 2. The van der Waals surface area contributed by atoms with Crippen LogP contribution in [-0.2, 0) is 9.53 Å². The lowest BCUT2D eigenvalue weighted by molar-refractivity contribution is -0.125. The SMILES string of the molecule is CC1CCCCC1NC(=O)COC(=O)c1[nH]c2ccccc2c1Br. The first-order valence-electron chi connectivity index (χ1n) is 8.29. The molecule has 2 unspecified atom stereocenters. The molecule has 5 nitrogen and oxygen atoms in total. The van der Waals surface area contributed by atoms with Gasteiger partial charge >= 0.3 is 5.97 Å².